The van der Waals surface area contributed by atoms with Gasteiger partial charge in [-0.2, -0.15) is 0 Å². The standard InChI is InChI=1S/C22H23NO6/c1-2-27-17-7-9-18(10-8-17)28-14-16(24)13-23-20(25)22(29-21(23)26)12-11-15-5-3-4-6-19(15)22/h3-10,16,24H,2,11-14H2,1H3/t16-,22-/m1/s1. The van der Waals surface area contributed by atoms with E-state index in [1.807, 2.05) is 31.2 Å². The van der Waals surface area contributed by atoms with E-state index in [-0.39, 0.29) is 13.2 Å². The minimum Gasteiger partial charge on any atom is -0.494 e. The molecular formula is C22H23NO6. The predicted molar refractivity (Wildman–Crippen MR) is 104 cm³/mol. The van der Waals surface area contributed by atoms with Gasteiger partial charge in [-0.05, 0) is 43.2 Å². The molecule has 1 heterocycles. The van der Waals surface area contributed by atoms with Gasteiger partial charge in [0.2, 0.25) is 5.60 Å². The third-order valence-corrected chi connectivity index (χ3v) is 5.24. The summed E-state index contributed by atoms with van der Waals surface area (Å²) >= 11 is 0. The number of aliphatic hydroxyl groups is 1. The van der Waals surface area contributed by atoms with Gasteiger partial charge in [0.05, 0.1) is 13.2 Å². The van der Waals surface area contributed by atoms with E-state index in [2.05, 4.69) is 0 Å². The Hall–Kier alpha value is -3.06. The lowest BCUT2D eigenvalue weighted by Crippen LogP contribution is -2.42. The van der Waals surface area contributed by atoms with Crippen LogP contribution < -0.4 is 9.47 Å². The van der Waals surface area contributed by atoms with E-state index in [4.69, 9.17) is 14.2 Å². The molecule has 4 rings (SSSR count). The molecule has 1 fully saturated rings. The van der Waals surface area contributed by atoms with Crippen LogP contribution in [0, 0.1) is 0 Å². The van der Waals surface area contributed by atoms with Gasteiger partial charge < -0.3 is 19.3 Å². The highest BCUT2D eigenvalue weighted by Gasteiger charge is 2.58. The first-order chi connectivity index (χ1) is 14.0. The topological polar surface area (TPSA) is 85.3 Å². The Bertz CT molecular complexity index is 912. The van der Waals surface area contributed by atoms with Crippen molar-refractivity contribution in [1.82, 2.24) is 4.90 Å². The van der Waals surface area contributed by atoms with Crippen molar-refractivity contribution >= 4 is 12.0 Å². The Morgan fingerprint density at radius 3 is 2.52 bits per heavy atom. The second-order valence-electron chi connectivity index (χ2n) is 7.14. The summed E-state index contributed by atoms with van der Waals surface area (Å²) in [5.41, 5.74) is 0.486. The number of ether oxygens (including phenoxy) is 3. The SMILES string of the molecule is CCOc1ccc(OC[C@H](O)CN2C(=O)O[C@@]3(CCc4ccccc43)C2=O)cc1. The van der Waals surface area contributed by atoms with Crippen LogP contribution >= 0.6 is 0 Å². The van der Waals surface area contributed by atoms with Crippen LogP contribution in [0.4, 0.5) is 4.79 Å². The van der Waals surface area contributed by atoms with Gasteiger partial charge in [0.25, 0.3) is 5.91 Å². The fraction of sp³-hybridized carbons (Fsp3) is 0.364. The van der Waals surface area contributed by atoms with Crippen molar-refractivity contribution in [2.75, 3.05) is 19.8 Å². The zero-order chi connectivity index (χ0) is 20.4. The van der Waals surface area contributed by atoms with Crippen molar-refractivity contribution in [3.8, 4) is 11.5 Å². The number of nitrogens with zero attached hydrogens (tertiary/aromatic N) is 1. The maximum atomic E-state index is 13.0. The quantitative estimate of drug-likeness (QED) is 0.773. The monoisotopic (exact) mass is 397 g/mol. The number of rotatable bonds is 7. The third-order valence-electron chi connectivity index (χ3n) is 5.24. The number of amides is 2. The molecule has 29 heavy (non-hydrogen) atoms. The van der Waals surface area contributed by atoms with E-state index in [1.165, 1.54) is 0 Å². The molecule has 0 saturated carbocycles. The minimum atomic E-state index is -1.26. The maximum absolute atomic E-state index is 13.0. The first-order valence-corrected chi connectivity index (χ1v) is 9.70. The molecule has 1 N–H and O–H groups in total. The second-order valence-corrected chi connectivity index (χ2v) is 7.14. The molecular weight excluding hydrogens is 374 g/mol. The van der Waals surface area contributed by atoms with Gasteiger partial charge >= 0.3 is 6.09 Å². The van der Waals surface area contributed by atoms with Crippen molar-refractivity contribution < 1.29 is 28.9 Å². The van der Waals surface area contributed by atoms with Gasteiger partial charge in [-0.1, -0.05) is 24.3 Å². The van der Waals surface area contributed by atoms with Crippen LogP contribution in [0.25, 0.3) is 0 Å². The summed E-state index contributed by atoms with van der Waals surface area (Å²) in [7, 11) is 0. The molecule has 0 radical (unpaired) electrons. The highest BCUT2D eigenvalue weighted by molar-refractivity contribution is 6.04. The zero-order valence-electron chi connectivity index (χ0n) is 16.2. The minimum absolute atomic E-state index is 0.0609. The van der Waals surface area contributed by atoms with Gasteiger partial charge in [0.15, 0.2) is 0 Å². The number of carbonyl (C=O) groups excluding carboxylic acids is 2. The molecule has 2 amide bonds. The smallest absolute Gasteiger partial charge is 0.418 e. The normalized spacial score (nSPS) is 21.2. The fourth-order valence-electron chi connectivity index (χ4n) is 3.87. The summed E-state index contributed by atoms with van der Waals surface area (Å²) in [5.74, 6) is 0.865. The molecule has 2 aliphatic rings. The predicted octanol–water partition coefficient (Wildman–Crippen LogP) is 2.65. The number of fused-ring (bicyclic) bond motifs is 2. The largest absolute Gasteiger partial charge is 0.494 e. The summed E-state index contributed by atoms with van der Waals surface area (Å²) < 4.78 is 16.5. The lowest BCUT2D eigenvalue weighted by atomic mass is 9.95. The highest BCUT2D eigenvalue weighted by atomic mass is 16.6. The number of hydrogen-bond donors (Lipinski definition) is 1. The molecule has 7 nitrogen and oxygen atoms in total. The molecule has 1 aliphatic carbocycles. The molecule has 1 spiro atoms. The Balaban J connectivity index is 1.38. The summed E-state index contributed by atoms with van der Waals surface area (Å²) in [6.07, 6.45) is -0.671. The maximum Gasteiger partial charge on any atom is 0.418 e. The third kappa shape index (κ3) is 3.53. The van der Waals surface area contributed by atoms with E-state index in [1.54, 1.807) is 24.3 Å². The van der Waals surface area contributed by atoms with E-state index in [0.29, 0.717) is 25.2 Å². The molecule has 7 heteroatoms. The first-order valence-electron chi connectivity index (χ1n) is 9.70. The Morgan fingerprint density at radius 2 is 1.79 bits per heavy atom. The molecule has 2 aromatic rings. The number of carbonyl (C=O) groups is 2. The van der Waals surface area contributed by atoms with Crippen LogP contribution in [-0.4, -0.2) is 47.9 Å². The van der Waals surface area contributed by atoms with Crippen molar-refractivity contribution in [3.63, 3.8) is 0 Å². The van der Waals surface area contributed by atoms with E-state index < -0.39 is 23.7 Å². The van der Waals surface area contributed by atoms with Gasteiger partial charge in [0, 0.05) is 12.0 Å². The van der Waals surface area contributed by atoms with Gasteiger partial charge in [-0.15, -0.1) is 0 Å². The van der Waals surface area contributed by atoms with Crippen LogP contribution in [-0.2, 0) is 21.6 Å². The summed E-state index contributed by atoms with van der Waals surface area (Å²) in [4.78, 5) is 26.4. The first kappa shape index (κ1) is 19.3. The Morgan fingerprint density at radius 1 is 1.10 bits per heavy atom. The molecule has 0 unspecified atom stereocenters. The lowest BCUT2D eigenvalue weighted by Gasteiger charge is -2.21. The van der Waals surface area contributed by atoms with Gasteiger partial charge in [0.1, 0.15) is 24.2 Å². The van der Waals surface area contributed by atoms with Crippen LogP contribution in [0.5, 0.6) is 11.5 Å². The Kier molecular flexibility index (Phi) is 5.15. The van der Waals surface area contributed by atoms with Crippen LogP contribution in [0.3, 0.4) is 0 Å². The number of β-amino-alcohol motifs (C(OH)–C–C–N with tert-alkyl or cyclic N) is 1. The van der Waals surface area contributed by atoms with E-state index >= 15 is 0 Å². The lowest BCUT2D eigenvalue weighted by molar-refractivity contribution is -0.138. The number of imide groups is 1. The molecule has 1 saturated heterocycles. The number of aryl methyl sites for hydroxylation is 1. The van der Waals surface area contributed by atoms with E-state index in [0.717, 1.165) is 21.8 Å². The van der Waals surface area contributed by atoms with Crippen LogP contribution in [0.1, 0.15) is 24.5 Å². The van der Waals surface area contributed by atoms with Crippen molar-refractivity contribution in [2.24, 2.45) is 0 Å². The number of hydrogen-bond acceptors (Lipinski definition) is 6. The van der Waals surface area contributed by atoms with E-state index in [9.17, 15) is 14.7 Å². The van der Waals surface area contributed by atoms with Crippen LogP contribution in [0.2, 0.25) is 0 Å². The van der Waals surface area contributed by atoms with Crippen molar-refractivity contribution in [1.29, 1.82) is 0 Å². The summed E-state index contributed by atoms with van der Waals surface area (Å²) in [5, 5.41) is 10.3. The molecule has 0 aromatic heterocycles. The summed E-state index contributed by atoms with van der Waals surface area (Å²) in [6.45, 7) is 2.23. The molecule has 2 atom stereocenters. The molecule has 1 aliphatic heterocycles. The van der Waals surface area contributed by atoms with Crippen LogP contribution in [0.15, 0.2) is 48.5 Å². The molecule has 152 valence electrons. The van der Waals surface area contributed by atoms with Crippen molar-refractivity contribution in [3.05, 3.63) is 59.7 Å². The molecule has 0 bridgehead atoms. The van der Waals surface area contributed by atoms with Gasteiger partial charge in [-0.3, -0.25) is 4.79 Å². The molecule has 2 aromatic carbocycles. The average molecular weight is 397 g/mol. The number of aliphatic hydroxyl groups excluding tert-OH is 1. The summed E-state index contributed by atoms with van der Waals surface area (Å²) in [6, 6.07) is 14.5. The number of benzene rings is 2. The average Bonchev–Trinajstić information content (AvgIpc) is 3.21. The zero-order valence-corrected chi connectivity index (χ0v) is 16.2. The van der Waals surface area contributed by atoms with Gasteiger partial charge in [-0.25, -0.2) is 9.69 Å². The Labute approximate surface area is 168 Å². The van der Waals surface area contributed by atoms with Crippen molar-refractivity contribution in [2.45, 2.75) is 31.5 Å². The highest BCUT2D eigenvalue weighted by Crippen LogP contribution is 2.45. The fourth-order valence-corrected chi connectivity index (χ4v) is 3.87. The second kappa shape index (κ2) is 7.75.